The zero-order valence-corrected chi connectivity index (χ0v) is 17.0. The summed E-state index contributed by atoms with van der Waals surface area (Å²) in [5.74, 6) is 0.973. The Morgan fingerprint density at radius 1 is 1.24 bits per heavy atom. The van der Waals surface area contributed by atoms with Crippen molar-refractivity contribution in [3.8, 4) is 0 Å². The van der Waals surface area contributed by atoms with Crippen LogP contribution in [0.1, 0.15) is 72.4 Å². The maximum absolute atomic E-state index is 12.3. The molecule has 3 N–H and O–H groups in total. The van der Waals surface area contributed by atoms with Gasteiger partial charge in [0.05, 0.1) is 0 Å². The Hall–Kier alpha value is -2.99. The van der Waals surface area contributed by atoms with Crippen LogP contribution in [0.15, 0.2) is 59.4 Å². The predicted octanol–water partition coefficient (Wildman–Crippen LogP) is 4.86. The number of carbonyl (C=O) groups excluding carboxylic acids is 1. The molecular formula is C23H28N4O2. The molecule has 0 radical (unpaired) electrons. The average Bonchev–Trinajstić information content (AvgIpc) is 3.51. The fourth-order valence-electron chi connectivity index (χ4n) is 3.00. The third kappa shape index (κ3) is 5.74. The van der Waals surface area contributed by atoms with E-state index >= 15 is 0 Å². The van der Waals surface area contributed by atoms with Crippen LogP contribution in [-0.2, 0) is 6.42 Å². The van der Waals surface area contributed by atoms with E-state index in [4.69, 9.17) is 10.3 Å². The van der Waals surface area contributed by atoms with Crippen molar-refractivity contribution in [2.24, 2.45) is 5.73 Å². The molecule has 1 fully saturated rings. The number of hydrogen-bond donors (Lipinski definition) is 2. The van der Waals surface area contributed by atoms with Gasteiger partial charge in [-0.15, -0.1) is 0 Å². The highest BCUT2D eigenvalue weighted by Crippen LogP contribution is 2.40. The zero-order chi connectivity index (χ0) is 20.6. The molecule has 4 rings (SSSR count). The number of nitrogens with two attached hydrogens (primary N) is 1. The van der Waals surface area contributed by atoms with Crippen LogP contribution in [0.4, 0.5) is 5.69 Å². The second-order valence-electron chi connectivity index (χ2n) is 6.97. The summed E-state index contributed by atoms with van der Waals surface area (Å²) < 4.78 is 5.23. The van der Waals surface area contributed by atoms with E-state index in [0.29, 0.717) is 17.3 Å². The first kappa shape index (κ1) is 20.7. The van der Waals surface area contributed by atoms with Crippen LogP contribution in [0.2, 0.25) is 0 Å². The molecule has 6 nitrogen and oxygen atoms in total. The van der Waals surface area contributed by atoms with Crippen molar-refractivity contribution in [3.05, 3.63) is 77.4 Å². The number of amides is 1. The van der Waals surface area contributed by atoms with E-state index in [0.717, 1.165) is 37.0 Å². The Balaban J connectivity index is 0.00000117. The van der Waals surface area contributed by atoms with Crippen molar-refractivity contribution >= 4 is 11.6 Å². The van der Waals surface area contributed by atoms with E-state index < -0.39 is 0 Å². The molecule has 0 aliphatic heterocycles. The minimum atomic E-state index is -0.265. The van der Waals surface area contributed by atoms with Crippen LogP contribution < -0.4 is 11.1 Å². The number of pyridine rings is 1. The molecule has 0 saturated heterocycles. The number of aryl methyl sites for hydroxylation is 1. The topological polar surface area (TPSA) is 94.0 Å². The molecule has 1 aliphatic carbocycles. The van der Waals surface area contributed by atoms with Crippen LogP contribution in [0.25, 0.3) is 0 Å². The van der Waals surface area contributed by atoms with Crippen molar-refractivity contribution in [2.75, 3.05) is 5.32 Å². The van der Waals surface area contributed by atoms with Gasteiger partial charge in [-0.2, -0.15) is 0 Å². The molecule has 1 saturated carbocycles. The summed E-state index contributed by atoms with van der Waals surface area (Å²) in [6.45, 7) is 4.00. The number of aromatic nitrogens is 2. The summed E-state index contributed by atoms with van der Waals surface area (Å²) >= 11 is 0. The Labute approximate surface area is 171 Å². The summed E-state index contributed by atoms with van der Waals surface area (Å²) in [4.78, 5) is 16.4. The molecule has 1 atom stereocenters. The molecule has 152 valence electrons. The average molecular weight is 393 g/mol. The van der Waals surface area contributed by atoms with Crippen LogP contribution >= 0.6 is 0 Å². The normalized spacial score (nSPS) is 13.9. The van der Waals surface area contributed by atoms with Crippen molar-refractivity contribution < 1.29 is 9.32 Å². The van der Waals surface area contributed by atoms with Crippen molar-refractivity contribution in [2.45, 2.75) is 51.5 Å². The molecule has 29 heavy (non-hydrogen) atoms. The highest BCUT2D eigenvalue weighted by atomic mass is 16.5. The van der Waals surface area contributed by atoms with E-state index in [1.54, 1.807) is 12.3 Å². The van der Waals surface area contributed by atoms with Crippen molar-refractivity contribution in [1.29, 1.82) is 0 Å². The Kier molecular flexibility index (Phi) is 7.14. The summed E-state index contributed by atoms with van der Waals surface area (Å²) in [5, 5.41) is 6.70. The Morgan fingerprint density at radius 2 is 2.00 bits per heavy atom. The Bertz CT molecular complexity index is 902. The number of carbonyl (C=O) groups is 1. The van der Waals surface area contributed by atoms with E-state index in [9.17, 15) is 4.79 Å². The summed E-state index contributed by atoms with van der Waals surface area (Å²) in [5.41, 5.74) is 9.53. The monoisotopic (exact) mass is 392 g/mol. The SMILES string of the molecule is CC.NC(CCc1cccnc1)c1ccc(NC(=O)c2cc(C3CC3)on2)cc1. The molecule has 1 amide bonds. The van der Waals surface area contributed by atoms with Crippen LogP contribution in [-0.4, -0.2) is 16.0 Å². The quantitative estimate of drug-likeness (QED) is 0.599. The lowest BCUT2D eigenvalue weighted by Crippen LogP contribution is -2.13. The third-order valence-electron chi connectivity index (χ3n) is 4.80. The lowest BCUT2D eigenvalue weighted by Gasteiger charge is -2.13. The first-order chi connectivity index (χ1) is 14.2. The van der Waals surface area contributed by atoms with Gasteiger partial charge in [0.1, 0.15) is 5.76 Å². The maximum Gasteiger partial charge on any atom is 0.277 e. The van der Waals surface area contributed by atoms with Crippen LogP contribution in [0.3, 0.4) is 0 Å². The molecule has 1 unspecified atom stereocenters. The van der Waals surface area contributed by atoms with E-state index in [-0.39, 0.29) is 11.9 Å². The maximum atomic E-state index is 12.3. The smallest absolute Gasteiger partial charge is 0.277 e. The highest BCUT2D eigenvalue weighted by Gasteiger charge is 2.28. The van der Waals surface area contributed by atoms with Gasteiger partial charge in [0.15, 0.2) is 5.69 Å². The molecule has 3 aromatic rings. The second-order valence-corrected chi connectivity index (χ2v) is 6.97. The van der Waals surface area contributed by atoms with Crippen molar-refractivity contribution in [3.63, 3.8) is 0 Å². The summed E-state index contributed by atoms with van der Waals surface area (Å²) in [6.07, 6.45) is 7.56. The molecule has 1 aromatic carbocycles. The molecule has 2 heterocycles. The van der Waals surface area contributed by atoms with Gasteiger partial charge in [-0.05, 0) is 55.0 Å². The van der Waals surface area contributed by atoms with Gasteiger partial charge in [-0.1, -0.05) is 37.2 Å². The van der Waals surface area contributed by atoms with Gasteiger partial charge in [-0.25, -0.2) is 0 Å². The molecular weight excluding hydrogens is 364 g/mol. The van der Waals surface area contributed by atoms with Crippen LogP contribution in [0, 0.1) is 0 Å². The number of benzene rings is 1. The first-order valence-corrected chi connectivity index (χ1v) is 10.2. The van der Waals surface area contributed by atoms with E-state index in [1.165, 1.54) is 5.56 Å². The number of hydrogen-bond acceptors (Lipinski definition) is 5. The zero-order valence-electron chi connectivity index (χ0n) is 17.0. The number of rotatable bonds is 7. The molecule has 0 bridgehead atoms. The van der Waals surface area contributed by atoms with Crippen LogP contribution in [0.5, 0.6) is 0 Å². The molecule has 0 spiro atoms. The van der Waals surface area contributed by atoms with Gasteiger partial charge in [0, 0.05) is 36.1 Å². The van der Waals surface area contributed by atoms with E-state index in [2.05, 4.69) is 21.5 Å². The number of anilines is 1. The third-order valence-corrected chi connectivity index (χ3v) is 4.80. The largest absolute Gasteiger partial charge is 0.360 e. The molecule has 2 aromatic heterocycles. The number of nitrogens with zero attached hydrogens (tertiary/aromatic N) is 2. The fourth-order valence-corrected chi connectivity index (χ4v) is 3.00. The second kappa shape index (κ2) is 9.98. The first-order valence-electron chi connectivity index (χ1n) is 10.2. The standard InChI is InChI=1S/C21H22N4O2.C2H6/c22-18(10-3-14-2-1-11-23-13-14)15-6-8-17(9-7-15)24-21(26)19-12-20(27-25-19)16-4-5-16;1-2/h1-2,6-9,11-13,16,18H,3-5,10,22H2,(H,24,26);1-2H3. The minimum absolute atomic E-state index is 0.0633. The summed E-state index contributed by atoms with van der Waals surface area (Å²) in [7, 11) is 0. The molecule has 6 heteroatoms. The lowest BCUT2D eigenvalue weighted by molar-refractivity contribution is 0.101. The van der Waals surface area contributed by atoms with Gasteiger partial charge in [0.2, 0.25) is 0 Å². The fraction of sp³-hybridized carbons (Fsp3) is 0.348. The van der Waals surface area contributed by atoms with Gasteiger partial charge in [-0.3, -0.25) is 9.78 Å². The summed E-state index contributed by atoms with van der Waals surface area (Å²) in [6, 6.07) is 13.3. The predicted molar refractivity (Wildman–Crippen MR) is 114 cm³/mol. The molecule has 1 aliphatic rings. The van der Waals surface area contributed by atoms with E-state index in [1.807, 2.05) is 50.4 Å². The van der Waals surface area contributed by atoms with Gasteiger partial charge >= 0.3 is 0 Å². The van der Waals surface area contributed by atoms with Crippen molar-refractivity contribution in [1.82, 2.24) is 10.1 Å². The minimum Gasteiger partial charge on any atom is -0.360 e. The number of nitrogens with one attached hydrogen (secondary N) is 1. The Morgan fingerprint density at radius 3 is 2.66 bits per heavy atom. The highest BCUT2D eigenvalue weighted by molar-refractivity contribution is 6.02. The van der Waals surface area contributed by atoms with Gasteiger partial charge in [0.25, 0.3) is 5.91 Å². The lowest BCUT2D eigenvalue weighted by atomic mass is 10.0. The van der Waals surface area contributed by atoms with Gasteiger partial charge < -0.3 is 15.6 Å².